The lowest BCUT2D eigenvalue weighted by Gasteiger charge is -2.44. The summed E-state index contributed by atoms with van der Waals surface area (Å²) < 4.78 is 13.5. The molecule has 0 saturated carbocycles. The zero-order chi connectivity index (χ0) is 24.2. The summed E-state index contributed by atoms with van der Waals surface area (Å²) in [4.78, 5) is 30.5. The van der Waals surface area contributed by atoms with Gasteiger partial charge in [-0.25, -0.2) is 4.39 Å². The van der Waals surface area contributed by atoms with Crippen molar-refractivity contribution in [2.45, 2.75) is 51.6 Å². The van der Waals surface area contributed by atoms with Crippen LogP contribution in [-0.4, -0.2) is 17.9 Å². The number of carbonyl (C=O) groups excluding carboxylic acids is 2. The minimum absolute atomic E-state index is 0.00989. The van der Waals surface area contributed by atoms with Crippen LogP contribution in [0, 0.1) is 5.82 Å². The Morgan fingerprint density at radius 3 is 2.32 bits per heavy atom. The van der Waals surface area contributed by atoms with Crippen molar-refractivity contribution in [1.82, 2.24) is 0 Å². The third-order valence-electron chi connectivity index (χ3n) is 6.34. The molecule has 0 aliphatic carbocycles. The normalized spacial score (nSPS) is 17.2. The van der Waals surface area contributed by atoms with Crippen molar-refractivity contribution < 1.29 is 14.0 Å². The van der Waals surface area contributed by atoms with Gasteiger partial charge < -0.3 is 9.80 Å². The van der Waals surface area contributed by atoms with Crippen LogP contribution in [-0.2, 0) is 4.79 Å². The summed E-state index contributed by atoms with van der Waals surface area (Å²) in [6.45, 7) is 3.94. The van der Waals surface area contributed by atoms with E-state index in [4.69, 9.17) is 11.6 Å². The Labute approximate surface area is 205 Å². The predicted octanol–water partition coefficient (Wildman–Crippen LogP) is 7.18. The first-order valence-corrected chi connectivity index (χ1v) is 12.1. The van der Waals surface area contributed by atoms with Crippen molar-refractivity contribution in [3.63, 3.8) is 0 Å². The zero-order valence-electron chi connectivity index (χ0n) is 19.4. The maximum atomic E-state index is 13.6. The van der Waals surface area contributed by atoms with Gasteiger partial charge in [0.2, 0.25) is 5.91 Å². The topological polar surface area (TPSA) is 40.6 Å². The SMILES string of the molecule is CCCC1CC(N(C(=O)CC)c2ccc(Cl)cc2)c2ccccc2N1C(=O)c1ccc(F)cc1. The summed E-state index contributed by atoms with van der Waals surface area (Å²) in [6.07, 6.45) is 2.63. The molecule has 0 spiro atoms. The highest BCUT2D eigenvalue weighted by Crippen LogP contribution is 2.44. The average Bonchev–Trinajstić information content (AvgIpc) is 2.85. The number of fused-ring (bicyclic) bond motifs is 1. The molecule has 3 aromatic carbocycles. The van der Waals surface area contributed by atoms with Gasteiger partial charge in [-0.3, -0.25) is 9.59 Å². The van der Waals surface area contributed by atoms with Gasteiger partial charge in [0, 0.05) is 34.4 Å². The molecule has 4 rings (SSSR count). The molecule has 3 aromatic rings. The van der Waals surface area contributed by atoms with Crippen molar-refractivity contribution in [3.05, 3.63) is 94.8 Å². The van der Waals surface area contributed by atoms with E-state index in [0.29, 0.717) is 23.4 Å². The highest BCUT2D eigenvalue weighted by molar-refractivity contribution is 6.30. The van der Waals surface area contributed by atoms with Crippen LogP contribution in [0.2, 0.25) is 5.02 Å². The maximum absolute atomic E-state index is 13.6. The summed E-state index contributed by atoms with van der Waals surface area (Å²) in [6, 6.07) is 20.4. The second-order valence-corrected chi connectivity index (χ2v) is 8.97. The summed E-state index contributed by atoms with van der Waals surface area (Å²) in [5.41, 5.74) is 2.93. The molecular formula is C28H28ClFN2O2. The van der Waals surface area contributed by atoms with Crippen molar-refractivity contribution in [3.8, 4) is 0 Å². The third kappa shape index (κ3) is 4.71. The van der Waals surface area contributed by atoms with Crippen LogP contribution in [0.4, 0.5) is 15.8 Å². The Kier molecular flexibility index (Phi) is 7.32. The number of carbonyl (C=O) groups is 2. The highest BCUT2D eigenvalue weighted by atomic mass is 35.5. The number of nitrogens with zero attached hydrogens (tertiary/aromatic N) is 2. The minimum Gasteiger partial charge on any atom is -0.305 e. The lowest BCUT2D eigenvalue weighted by molar-refractivity contribution is -0.118. The molecule has 1 aliphatic heterocycles. The number of rotatable bonds is 6. The number of hydrogen-bond acceptors (Lipinski definition) is 2. The number of amides is 2. The Bertz CT molecular complexity index is 1160. The maximum Gasteiger partial charge on any atom is 0.258 e. The van der Waals surface area contributed by atoms with E-state index in [2.05, 4.69) is 6.92 Å². The first-order valence-electron chi connectivity index (χ1n) is 11.7. The van der Waals surface area contributed by atoms with Crippen LogP contribution in [0.25, 0.3) is 0 Å². The van der Waals surface area contributed by atoms with Crippen molar-refractivity contribution in [1.29, 1.82) is 0 Å². The van der Waals surface area contributed by atoms with Crippen LogP contribution in [0.3, 0.4) is 0 Å². The largest absolute Gasteiger partial charge is 0.305 e. The molecule has 6 heteroatoms. The van der Waals surface area contributed by atoms with E-state index in [0.717, 1.165) is 29.8 Å². The van der Waals surface area contributed by atoms with Gasteiger partial charge in [-0.05, 0) is 73.0 Å². The standard InChI is InChI=1S/C28H28ClFN2O2/c1-3-7-23-18-26(31(27(33)4-2)22-16-12-20(29)13-17-22)24-8-5-6-9-25(24)32(23)28(34)19-10-14-21(30)15-11-19/h5-6,8-17,23,26H,3-4,7,18H2,1-2H3. The minimum atomic E-state index is -0.377. The summed E-state index contributed by atoms with van der Waals surface area (Å²) in [5, 5.41) is 0.608. The van der Waals surface area contributed by atoms with Gasteiger partial charge in [0.15, 0.2) is 0 Å². The number of para-hydroxylation sites is 1. The molecule has 0 fully saturated rings. The van der Waals surface area contributed by atoms with Gasteiger partial charge in [0.1, 0.15) is 5.82 Å². The Morgan fingerprint density at radius 2 is 1.68 bits per heavy atom. The smallest absolute Gasteiger partial charge is 0.258 e. The quantitative estimate of drug-likeness (QED) is 0.376. The van der Waals surface area contributed by atoms with E-state index in [1.807, 2.05) is 53.1 Å². The molecule has 0 bridgehead atoms. The molecule has 0 saturated heterocycles. The van der Waals surface area contributed by atoms with Gasteiger partial charge in [-0.2, -0.15) is 0 Å². The van der Waals surface area contributed by atoms with E-state index in [-0.39, 0.29) is 29.7 Å². The fraction of sp³-hybridized carbons (Fsp3) is 0.286. The van der Waals surface area contributed by atoms with Gasteiger partial charge in [0.25, 0.3) is 5.91 Å². The predicted molar refractivity (Wildman–Crippen MR) is 135 cm³/mol. The fourth-order valence-corrected chi connectivity index (χ4v) is 4.90. The Hall–Kier alpha value is -3.18. The summed E-state index contributed by atoms with van der Waals surface area (Å²) in [5.74, 6) is -0.530. The molecular weight excluding hydrogens is 451 g/mol. The molecule has 2 amide bonds. The van der Waals surface area contributed by atoms with Crippen LogP contribution < -0.4 is 9.80 Å². The second kappa shape index (κ2) is 10.4. The molecule has 176 valence electrons. The Balaban J connectivity index is 1.82. The van der Waals surface area contributed by atoms with E-state index >= 15 is 0 Å². The molecule has 2 atom stereocenters. The van der Waals surface area contributed by atoms with E-state index < -0.39 is 0 Å². The molecule has 1 heterocycles. The van der Waals surface area contributed by atoms with E-state index in [1.54, 1.807) is 12.1 Å². The molecule has 34 heavy (non-hydrogen) atoms. The van der Waals surface area contributed by atoms with E-state index in [1.165, 1.54) is 24.3 Å². The van der Waals surface area contributed by atoms with Crippen LogP contribution in [0.15, 0.2) is 72.8 Å². The zero-order valence-corrected chi connectivity index (χ0v) is 20.1. The first-order chi connectivity index (χ1) is 16.4. The Morgan fingerprint density at radius 1 is 1.00 bits per heavy atom. The van der Waals surface area contributed by atoms with Crippen LogP contribution in [0.1, 0.15) is 61.5 Å². The number of anilines is 2. The number of hydrogen-bond donors (Lipinski definition) is 0. The highest BCUT2D eigenvalue weighted by Gasteiger charge is 2.39. The molecule has 0 radical (unpaired) electrons. The van der Waals surface area contributed by atoms with Crippen LogP contribution in [0.5, 0.6) is 0 Å². The monoisotopic (exact) mass is 478 g/mol. The summed E-state index contributed by atoms with van der Waals surface area (Å²) >= 11 is 6.11. The lowest BCUT2D eigenvalue weighted by Crippen LogP contribution is -2.49. The van der Waals surface area contributed by atoms with Crippen molar-refractivity contribution in [2.75, 3.05) is 9.80 Å². The van der Waals surface area contributed by atoms with Crippen molar-refractivity contribution in [2.24, 2.45) is 0 Å². The fourth-order valence-electron chi connectivity index (χ4n) is 4.78. The third-order valence-corrected chi connectivity index (χ3v) is 6.59. The van der Waals surface area contributed by atoms with Gasteiger partial charge >= 0.3 is 0 Å². The average molecular weight is 479 g/mol. The lowest BCUT2D eigenvalue weighted by atomic mass is 9.87. The van der Waals surface area contributed by atoms with Crippen molar-refractivity contribution >= 4 is 34.8 Å². The van der Waals surface area contributed by atoms with Crippen LogP contribution >= 0.6 is 11.6 Å². The number of benzene rings is 3. The molecule has 0 aromatic heterocycles. The van der Waals surface area contributed by atoms with Gasteiger partial charge in [-0.15, -0.1) is 0 Å². The summed E-state index contributed by atoms with van der Waals surface area (Å²) in [7, 11) is 0. The molecule has 0 N–H and O–H groups in total. The van der Waals surface area contributed by atoms with Gasteiger partial charge in [-0.1, -0.05) is 50.1 Å². The molecule has 2 unspecified atom stereocenters. The second-order valence-electron chi connectivity index (χ2n) is 8.53. The van der Waals surface area contributed by atoms with Gasteiger partial charge in [0.05, 0.1) is 6.04 Å². The molecule has 1 aliphatic rings. The van der Waals surface area contributed by atoms with E-state index in [9.17, 15) is 14.0 Å². The first kappa shape index (κ1) is 24.0. The number of halogens is 2. The molecule has 4 nitrogen and oxygen atoms in total.